The largest absolute Gasteiger partial charge is 0.397 e. The Kier molecular flexibility index (Phi) is 15.6. The zero-order valence-corrected chi connectivity index (χ0v) is 30.5. The Bertz CT molecular complexity index is 2010. The van der Waals surface area contributed by atoms with Gasteiger partial charge in [-0.05, 0) is 82.6 Å². The molecule has 0 aromatic carbocycles. The van der Waals surface area contributed by atoms with Crippen LogP contribution in [0.3, 0.4) is 0 Å². The average molecular weight is 765 g/mol. The van der Waals surface area contributed by atoms with E-state index in [0.717, 1.165) is 54.3 Å². The highest BCUT2D eigenvalue weighted by Gasteiger charge is 2.27. The van der Waals surface area contributed by atoms with E-state index in [-0.39, 0.29) is 28.7 Å². The number of H-pyrrole nitrogens is 1. The molecule has 0 amide bonds. The van der Waals surface area contributed by atoms with Crippen LogP contribution in [0.25, 0.3) is 11.0 Å². The summed E-state index contributed by atoms with van der Waals surface area (Å²) >= 11 is 5.44. The highest BCUT2D eigenvalue weighted by Crippen LogP contribution is 2.35. The number of nitrogens with zero attached hydrogens (tertiary/aromatic N) is 7. The Hall–Kier alpha value is -5.72. The molecule has 0 bridgehead atoms. The molecule has 8 N–H and O–H groups in total. The summed E-state index contributed by atoms with van der Waals surface area (Å²) in [4.78, 5) is 49.1. The van der Waals surface area contributed by atoms with Gasteiger partial charge in [-0.3, -0.25) is 44.7 Å². The smallest absolute Gasteiger partial charge is 0.326 e. The molecule has 0 aliphatic heterocycles. The molecular formula is C35H45ClN12O6. The molecule has 0 saturated heterocycles. The third-order valence-electron chi connectivity index (χ3n) is 7.72. The first kappa shape index (κ1) is 41.0. The lowest BCUT2D eigenvalue weighted by Crippen LogP contribution is -2.14. The van der Waals surface area contributed by atoms with Crippen LogP contribution in [0.2, 0.25) is 5.02 Å². The molecule has 0 radical (unpaired) electrons. The summed E-state index contributed by atoms with van der Waals surface area (Å²) in [5.41, 5.74) is 14.9. The van der Waals surface area contributed by atoms with Gasteiger partial charge in [0.25, 0.3) is 0 Å². The minimum Gasteiger partial charge on any atom is -0.397 e. The molecule has 4 aliphatic carbocycles. The van der Waals surface area contributed by atoms with Crippen molar-refractivity contribution in [3.05, 3.63) is 110 Å². The summed E-state index contributed by atoms with van der Waals surface area (Å²) in [7, 11) is 0. The second-order valence-electron chi connectivity index (χ2n) is 12.6. The van der Waals surface area contributed by atoms with Crippen molar-refractivity contribution in [2.75, 3.05) is 23.0 Å². The van der Waals surface area contributed by atoms with E-state index in [4.69, 9.17) is 28.2 Å². The summed E-state index contributed by atoms with van der Waals surface area (Å²) in [6.07, 6.45) is 21.7. The van der Waals surface area contributed by atoms with Crippen LogP contribution in [0.15, 0.2) is 78.6 Å². The number of anilines is 3. The minimum absolute atomic E-state index is 0.00880. The van der Waals surface area contributed by atoms with Gasteiger partial charge in [0, 0.05) is 55.6 Å². The molecule has 5 heterocycles. The molecule has 0 atom stereocenters. The SMILES string of the molecule is CCO.NC1CC1.Nc1cnccc1NC1CC1.O=[N+]([O-])c1cnccc1Cl.O=[N+]([O-])c1cnccc1NC1CC1.O=c1[nH]c2cnccc2n1C1CC1. The number of aromatic nitrogens is 6. The number of aliphatic hydroxyl groups is 1. The van der Waals surface area contributed by atoms with Crippen LogP contribution < -0.4 is 27.8 Å². The number of fused-ring (bicyclic) bond motifs is 1. The zero-order chi connectivity index (χ0) is 39.0. The third kappa shape index (κ3) is 14.0. The second kappa shape index (κ2) is 20.5. The lowest BCUT2D eigenvalue weighted by Gasteiger charge is -2.05. The van der Waals surface area contributed by atoms with Gasteiger partial charge >= 0.3 is 17.1 Å². The van der Waals surface area contributed by atoms with E-state index in [1.165, 1.54) is 44.1 Å². The average Bonchev–Trinajstić information content (AvgIpc) is 3.92. The monoisotopic (exact) mass is 764 g/mol. The van der Waals surface area contributed by atoms with Gasteiger partial charge in [-0.15, -0.1) is 0 Å². The number of nitrogens with two attached hydrogens (primary N) is 2. The fourth-order valence-corrected chi connectivity index (χ4v) is 4.53. The molecule has 4 fully saturated rings. The molecule has 19 heteroatoms. The van der Waals surface area contributed by atoms with E-state index in [2.05, 4.69) is 35.6 Å². The van der Waals surface area contributed by atoms with Gasteiger partial charge in [-0.2, -0.15) is 0 Å². The first-order valence-electron chi connectivity index (χ1n) is 17.5. The quantitative estimate of drug-likeness (QED) is 0.0868. The predicted molar refractivity (Wildman–Crippen MR) is 207 cm³/mol. The number of hydrogen-bond donors (Lipinski definition) is 6. The van der Waals surface area contributed by atoms with E-state index in [1.54, 1.807) is 44.0 Å². The van der Waals surface area contributed by atoms with E-state index in [1.807, 2.05) is 16.7 Å². The maximum absolute atomic E-state index is 11.5. The first-order chi connectivity index (χ1) is 26.0. The topological polar surface area (TPSA) is 272 Å². The van der Waals surface area contributed by atoms with E-state index in [0.29, 0.717) is 29.9 Å². The van der Waals surface area contributed by atoms with Crippen LogP contribution in [0.1, 0.15) is 64.3 Å². The van der Waals surface area contributed by atoms with Gasteiger partial charge in [0.15, 0.2) is 0 Å². The third-order valence-corrected chi connectivity index (χ3v) is 8.04. The van der Waals surface area contributed by atoms with Gasteiger partial charge in [-0.1, -0.05) is 11.6 Å². The second-order valence-corrected chi connectivity index (χ2v) is 13.0. The number of nitrogens with one attached hydrogen (secondary N) is 3. The molecule has 5 aromatic heterocycles. The molecular weight excluding hydrogens is 720 g/mol. The zero-order valence-electron chi connectivity index (χ0n) is 29.8. The number of imidazole rings is 1. The maximum Gasteiger partial charge on any atom is 0.326 e. The van der Waals surface area contributed by atoms with Crippen molar-refractivity contribution in [1.29, 1.82) is 0 Å². The Morgan fingerprint density at radius 1 is 0.815 bits per heavy atom. The first-order valence-corrected chi connectivity index (χ1v) is 17.9. The minimum atomic E-state index is -0.574. The molecule has 54 heavy (non-hydrogen) atoms. The van der Waals surface area contributed by atoms with Crippen molar-refractivity contribution in [3.63, 3.8) is 0 Å². The number of nitro groups is 2. The molecule has 0 unspecified atom stereocenters. The molecule has 4 saturated carbocycles. The summed E-state index contributed by atoms with van der Waals surface area (Å²) < 4.78 is 1.83. The number of aliphatic hydroxyl groups excluding tert-OH is 1. The maximum atomic E-state index is 11.5. The number of nitrogen functional groups attached to an aromatic ring is 1. The van der Waals surface area contributed by atoms with Crippen LogP contribution in [-0.2, 0) is 0 Å². The Balaban J connectivity index is 0.000000152. The molecule has 9 rings (SSSR count). The van der Waals surface area contributed by atoms with E-state index >= 15 is 0 Å². The molecule has 0 spiro atoms. The van der Waals surface area contributed by atoms with Crippen LogP contribution in [0.5, 0.6) is 0 Å². The lowest BCUT2D eigenvalue weighted by atomic mass is 10.3. The number of pyridine rings is 4. The normalized spacial score (nSPS) is 15.0. The highest BCUT2D eigenvalue weighted by molar-refractivity contribution is 6.32. The van der Waals surface area contributed by atoms with Gasteiger partial charge in [0.1, 0.15) is 23.1 Å². The van der Waals surface area contributed by atoms with Crippen LogP contribution in [0, 0.1) is 20.2 Å². The fraction of sp³-hybridized carbons (Fsp3) is 0.400. The molecule has 4 aliphatic rings. The van der Waals surface area contributed by atoms with Crippen molar-refractivity contribution in [3.8, 4) is 0 Å². The fourth-order valence-electron chi connectivity index (χ4n) is 4.36. The van der Waals surface area contributed by atoms with Crippen molar-refractivity contribution in [2.24, 2.45) is 5.73 Å². The van der Waals surface area contributed by atoms with Gasteiger partial charge < -0.3 is 32.2 Å². The Morgan fingerprint density at radius 3 is 1.78 bits per heavy atom. The van der Waals surface area contributed by atoms with Crippen molar-refractivity contribution in [2.45, 2.75) is 82.5 Å². The van der Waals surface area contributed by atoms with E-state index in [9.17, 15) is 25.0 Å². The van der Waals surface area contributed by atoms with Crippen molar-refractivity contribution < 1.29 is 15.0 Å². The van der Waals surface area contributed by atoms with Crippen LogP contribution in [0.4, 0.5) is 28.4 Å². The van der Waals surface area contributed by atoms with Gasteiger partial charge in [-0.25, -0.2) is 4.79 Å². The lowest BCUT2D eigenvalue weighted by molar-refractivity contribution is -0.385. The molecule has 18 nitrogen and oxygen atoms in total. The Morgan fingerprint density at radius 2 is 1.30 bits per heavy atom. The number of halogens is 1. The summed E-state index contributed by atoms with van der Waals surface area (Å²) in [6.45, 7) is 1.93. The van der Waals surface area contributed by atoms with Crippen molar-refractivity contribution >= 4 is 51.1 Å². The summed E-state index contributed by atoms with van der Waals surface area (Å²) in [6, 6.07) is 8.87. The van der Waals surface area contributed by atoms with Crippen molar-refractivity contribution in [1.82, 2.24) is 29.5 Å². The Labute approximate surface area is 315 Å². The summed E-state index contributed by atoms with van der Waals surface area (Å²) in [5.74, 6) is 0. The molecule has 5 aromatic rings. The highest BCUT2D eigenvalue weighted by atomic mass is 35.5. The predicted octanol–water partition coefficient (Wildman–Crippen LogP) is 5.61. The van der Waals surface area contributed by atoms with Crippen LogP contribution in [-0.4, -0.2) is 69.2 Å². The van der Waals surface area contributed by atoms with E-state index < -0.39 is 9.85 Å². The van der Waals surface area contributed by atoms with Gasteiger partial charge in [0.05, 0.1) is 44.6 Å². The number of aromatic amines is 1. The van der Waals surface area contributed by atoms with Crippen LogP contribution >= 0.6 is 11.6 Å². The number of hydrogen-bond acceptors (Lipinski definition) is 14. The summed E-state index contributed by atoms with van der Waals surface area (Å²) in [5, 5.41) is 34.7. The standard InChI is InChI=1S/C9H9N3O.C8H9N3O2.C8H11N3.C5H3ClN2O2.C3H7N.C2H6O/c13-9-11-7-5-10-4-3-8(7)12(9)6-1-2-6;12-11(13)8-5-9-4-3-7(8)10-6-1-2-6;9-7-5-10-4-3-8(7)11-6-1-2-6;6-4-1-2-7-3-5(4)8(9)10;4-3-1-2-3;1-2-3/h3-6H,1-2H2,(H,11,13);3-6H,1-2H2,(H,9,10);3-6H,1-2,9H2,(H,10,11);1-3H;3H,1-2,4H2;3H,2H2,1H3. The molecule has 288 valence electrons. The van der Waals surface area contributed by atoms with Gasteiger partial charge in [0.2, 0.25) is 0 Å². The number of rotatable bonds is 7.